The van der Waals surface area contributed by atoms with E-state index in [2.05, 4.69) is 15.3 Å². The summed E-state index contributed by atoms with van der Waals surface area (Å²) >= 11 is 5.13. The largest absolute Gasteiger partial charge is 0.508 e. The van der Waals surface area contributed by atoms with Gasteiger partial charge in [0.15, 0.2) is 5.82 Å². The second kappa shape index (κ2) is 5.90. The van der Waals surface area contributed by atoms with Crippen LogP contribution in [0.1, 0.15) is 5.56 Å². The first kappa shape index (κ1) is 14.2. The predicted molar refractivity (Wildman–Crippen MR) is 83.9 cm³/mol. The van der Waals surface area contributed by atoms with Crippen LogP contribution in [0.2, 0.25) is 0 Å². The number of nitrogens with one attached hydrogen (secondary N) is 1. The highest BCUT2D eigenvalue weighted by Gasteiger charge is 2.08. The molecule has 0 radical (unpaired) electrons. The Morgan fingerprint density at radius 2 is 2.05 bits per heavy atom. The molecule has 3 aromatic rings. The molecule has 1 heterocycles. The van der Waals surface area contributed by atoms with Gasteiger partial charge in [0, 0.05) is 5.56 Å². The lowest BCUT2D eigenvalue weighted by molar-refractivity contribution is 0.475. The van der Waals surface area contributed by atoms with E-state index in [9.17, 15) is 9.50 Å². The van der Waals surface area contributed by atoms with Crippen LogP contribution in [0.15, 0.2) is 53.6 Å². The number of hydrogen-bond donors (Lipinski definition) is 2. The lowest BCUT2D eigenvalue weighted by Gasteiger charge is -2.01. The first-order valence-corrected chi connectivity index (χ1v) is 6.81. The third kappa shape index (κ3) is 2.94. The smallest absolute Gasteiger partial charge is 0.216 e. The molecule has 2 N–H and O–H groups in total. The molecule has 0 aliphatic rings. The van der Waals surface area contributed by atoms with Crippen molar-refractivity contribution in [3.8, 4) is 17.1 Å². The standard InChI is InChI=1S/C15H11FN4OS/c16-12-5-2-4-11(8-12)14-18-19-15(22)20(14)17-9-10-3-1-6-13(21)7-10/h1-9,21H,(H,19,22)/b17-9-. The van der Waals surface area contributed by atoms with Crippen molar-refractivity contribution in [3.63, 3.8) is 0 Å². The number of phenolic OH excluding ortho intramolecular Hbond substituents is 1. The molecule has 0 fully saturated rings. The van der Waals surface area contributed by atoms with Gasteiger partial charge in [0.05, 0.1) is 6.21 Å². The summed E-state index contributed by atoms with van der Waals surface area (Å²) in [7, 11) is 0. The van der Waals surface area contributed by atoms with Gasteiger partial charge in [-0.2, -0.15) is 14.9 Å². The van der Waals surface area contributed by atoms with Crippen LogP contribution >= 0.6 is 12.2 Å². The third-order valence-corrected chi connectivity index (χ3v) is 3.19. The summed E-state index contributed by atoms with van der Waals surface area (Å²) in [6.07, 6.45) is 1.54. The maximum Gasteiger partial charge on any atom is 0.216 e. The number of aromatic nitrogens is 3. The zero-order valence-electron chi connectivity index (χ0n) is 11.3. The average molecular weight is 314 g/mol. The van der Waals surface area contributed by atoms with E-state index < -0.39 is 0 Å². The molecule has 3 rings (SSSR count). The van der Waals surface area contributed by atoms with Crippen molar-refractivity contribution in [1.29, 1.82) is 0 Å². The number of H-pyrrole nitrogens is 1. The van der Waals surface area contributed by atoms with Gasteiger partial charge in [-0.1, -0.05) is 24.3 Å². The molecule has 0 atom stereocenters. The minimum absolute atomic E-state index is 0.144. The number of halogens is 1. The van der Waals surface area contributed by atoms with Gasteiger partial charge in [0.1, 0.15) is 11.6 Å². The van der Waals surface area contributed by atoms with Crippen molar-refractivity contribution in [2.75, 3.05) is 0 Å². The van der Waals surface area contributed by atoms with Crippen molar-refractivity contribution in [2.45, 2.75) is 0 Å². The molecule has 0 saturated heterocycles. The van der Waals surface area contributed by atoms with Crippen LogP contribution in [0.3, 0.4) is 0 Å². The summed E-state index contributed by atoms with van der Waals surface area (Å²) in [5.41, 5.74) is 1.26. The number of nitrogens with zero attached hydrogens (tertiary/aromatic N) is 3. The predicted octanol–water partition coefficient (Wildman–Crippen LogP) is 3.33. The van der Waals surface area contributed by atoms with Gasteiger partial charge in [-0.3, -0.25) is 0 Å². The van der Waals surface area contributed by atoms with E-state index in [-0.39, 0.29) is 16.3 Å². The van der Waals surface area contributed by atoms with E-state index >= 15 is 0 Å². The van der Waals surface area contributed by atoms with Crippen molar-refractivity contribution in [3.05, 3.63) is 64.7 Å². The lowest BCUT2D eigenvalue weighted by Crippen LogP contribution is -1.95. The number of rotatable bonds is 3. The number of benzene rings is 2. The number of aromatic amines is 1. The SMILES string of the molecule is Oc1cccc(/C=N\n2c(-c3cccc(F)c3)n[nH]c2=S)c1. The van der Waals surface area contributed by atoms with Crippen LogP contribution in [0.25, 0.3) is 11.4 Å². The molecule has 110 valence electrons. The highest BCUT2D eigenvalue weighted by Crippen LogP contribution is 2.18. The fourth-order valence-corrected chi connectivity index (χ4v) is 2.12. The Kier molecular flexibility index (Phi) is 3.80. The van der Waals surface area contributed by atoms with Crippen LogP contribution in [0.5, 0.6) is 5.75 Å². The molecule has 5 nitrogen and oxygen atoms in total. The minimum Gasteiger partial charge on any atom is -0.508 e. The second-order valence-electron chi connectivity index (χ2n) is 4.51. The summed E-state index contributed by atoms with van der Waals surface area (Å²) in [4.78, 5) is 0. The highest BCUT2D eigenvalue weighted by atomic mass is 32.1. The van der Waals surface area contributed by atoms with Crippen LogP contribution in [-0.2, 0) is 0 Å². The molecule has 0 bridgehead atoms. The van der Waals surface area contributed by atoms with Crippen LogP contribution in [0.4, 0.5) is 4.39 Å². The zero-order valence-corrected chi connectivity index (χ0v) is 12.1. The minimum atomic E-state index is -0.366. The zero-order chi connectivity index (χ0) is 15.5. The van der Waals surface area contributed by atoms with E-state index in [4.69, 9.17) is 12.2 Å². The monoisotopic (exact) mass is 314 g/mol. The molecule has 0 amide bonds. The third-order valence-electron chi connectivity index (χ3n) is 2.93. The van der Waals surface area contributed by atoms with E-state index in [1.54, 1.807) is 36.4 Å². The normalized spacial score (nSPS) is 11.1. The molecule has 22 heavy (non-hydrogen) atoms. The van der Waals surface area contributed by atoms with Crippen molar-refractivity contribution in [1.82, 2.24) is 14.9 Å². The van der Waals surface area contributed by atoms with E-state index in [1.165, 1.54) is 23.0 Å². The van der Waals surface area contributed by atoms with Gasteiger partial charge in [-0.05, 0) is 42.0 Å². The van der Waals surface area contributed by atoms with Crippen LogP contribution in [0, 0.1) is 10.6 Å². The topological polar surface area (TPSA) is 66.2 Å². The summed E-state index contributed by atoms with van der Waals surface area (Å²) in [6, 6.07) is 12.6. The first-order chi connectivity index (χ1) is 10.6. The van der Waals surface area contributed by atoms with E-state index in [0.717, 1.165) is 0 Å². The Bertz CT molecular complexity index is 900. The number of phenols is 1. The molecule has 0 aliphatic heterocycles. The quantitative estimate of drug-likeness (QED) is 0.575. The lowest BCUT2D eigenvalue weighted by atomic mass is 10.2. The highest BCUT2D eigenvalue weighted by molar-refractivity contribution is 7.71. The summed E-state index contributed by atoms with van der Waals surface area (Å²) in [5.74, 6) is 0.181. The Morgan fingerprint density at radius 1 is 1.23 bits per heavy atom. The maximum atomic E-state index is 13.3. The molecule has 7 heteroatoms. The van der Waals surface area contributed by atoms with Gasteiger partial charge in [0.2, 0.25) is 4.77 Å². The van der Waals surface area contributed by atoms with Gasteiger partial charge in [-0.15, -0.1) is 0 Å². The molecule has 0 saturated carbocycles. The Labute approximate surface area is 130 Å². The number of aromatic hydroxyl groups is 1. The Balaban J connectivity index is 2.01. The summed E-state index contributed by atoms with van der Waals surface area (Å²) in [5, 5.41) is 20.4. The molecule has 1 aromatic heterocycles. The fourth-order valence-electron chi connectivity index (χ4n) is 1.94. The van der Waals surface area contributed by atoms with Crippen molar-refractivity contribution < 1.29 is 9.50 Å². The Morgan fingerprint density at radius 3 is 2.82 bits per heavy atom. The number of hydrogen-bond acceptors (Lipinski definition) is 4. The van der Waals surface area contributed by atoms with Crippen molar-refractivity contribution in [2.24, 2.45) is 5.10 Å². The van der Waals surface area contributed by atoms with Gasteiger partial charge in [0.25, 0.3) is 0 Å². The van der Waals surface area contributed by atoms with Gasteiger partial charge in [-0.25, -0.2) is 9.49 Å². The molecule has 0 unspecified atom stereocenters. The second-order valence-corrected chi connectivity index (χ2v) is 4.90. The molecular formula is C15H11FN4OS. The Hall–Kier alpha value is -2.80. The van der Waals surface area contributed by atoms with Gasteiger partial charge < -0.3 is 5.11 Å². The van der Waals surface area contributed by atoms with E-state index in [1.807, 2.05) is 0 Å². The van der Waals surface area contributed by atoms with E-state index in [0.29, 0.717) is 17.0 Å². The van der Waals surface area contributed by atoms with Crippen LogP contribution < -0.4 is 0 Å². The van der Waals surface area contributed by atoms with Crippen LogP contribution in [-0.4, -0.2) is 26.2 Å². The molecule has 0 aliphatic carbocycles. The van der Waals surface area contributed by atoms with Crippen molar-refractivity contribution >= 4 is 18.4 Å². The first-order valence-electron chi connectivity index (χ1n) is 6.40. The van der Waals surface area contributed by atoms with Gasteiger partial charge >= 0.3 is 0 Å². The molecule has 2 aromatic carbocycles. The summed E-state index contributed by atoms with van der Waals surface area (Å²) in [6.45, 7) is 0. The molecular weight excluding hydrogens is 303 g/mol. The molecule has 0 spiro atoms. The fraction of sp³-hybridized carbons (Fsp3) is 0. The average Bonchev–Trinajstić information content (AvgIpc) is 2.86. The summed E-state index contributed by atoms with van der Waals surface area (Å²) < 4.78 is 15.0. The maximum absolute atomic E-state index is 13.3.